The van der Waals surface area contributed by atoms with E-state index in [4.69, 9.17) is 14.7 Å². The summed E-state index contributed by atoms with van der Waals surface area (Å²) >= 11 is 3.40. The SMILES string of the molecule is COC(=O)N[C@@H](C(=O)N1CCC[C@@H]1c1ncc(-c2cc3sc(-c4ccc5[nH]c(C6CCCN6C(=O)[C@H](CC(=O)CO)C(C)C)nc5c4)cc3s2)[nH]1)C(C)C. The van der Waals surface area contributed by atoms with Gasteiger partial charge in [0.2, 0.25) is 11.8 Å². The summed E-state index contributed by atoms with van der Waals surface area (Å²) in [5.74, 6) is 0.382. The van der Waals surface area contributed by atoms with Crippen LogP contribution in [-0.4, -0.2) is 91.4 Å². The number of ether oxygens (including phenoxy) is 1. The molecule has 0 spiro atoms. The van der Waals surface area contributed by atoms with Gasteiger partial charge in [-0.25, -0.2) is 14.8 Å². The fourth-order valence-electron chi connectivity index (χ4n) is 7.72. The van der Waals surface area contributed by atoms with Gasteiger partial charge in [0, 0.05) is 39.7 Å². The number of likely N-dealkylation sites (tertiary alicyclic amines) is 2. The Hall–Kier alpha value is -4.60. The number of aliphatic hydroxyl groups is 1. The maximum absolute atomic E-state index is 13.6. The zero-order chi connectivity index (χ0) is 38.3. The summed E-state index contributed by atoms with van der Waals surface area (Å²) in [7, 11) is 1.29. The third-order valence-electron chi connectivity index (χ3n) is 10.7. The minimum atomic E-state index is -0.685. The number of aromatic nitrogens is 4. The number of carbonyl (C=O) groups is 4. The highest BCUT2D eigenvalue weighted by molar-refractivity contribution is 7.31. The number of hydrogen-bond donors (Lipinski definition) is 4. The molecule has 286 valence electrons. The highest BCUT2D eigenvalue weighted by atomic mass is 32.1. The summed E-state index contributed by atoms with van der Waals surface area (Å²) in [4.78, 5) is 73.7. The summed E-state index contributed by atoms with van der Waals surface area (Å²) in [6.07, 6.45) is 4.55. The first-order valence-corrected chi connectivity index (χ1v) is 20.3. The van der Waals surface area contributed by atoms with E-state index in [1.54, 1.807) is 22.7 Å². The molecule has 3 amide bonds. The molecular weight excluding hydrogens is 727 g/mol. The molecule has 54 heavy (non-hydrogen) atoms. The molecule has 2 aliphatic heterocycles. The summed E-state index contributed by atoms with van der Waals surface area (Å²) in [5, 5.41) is 12.0. The number of nitrogens with one attached hydrogen (secondary N) is 3. The monoisotopic (exact) mass is 773 g/mol. The Kier molecular flexibility index (Phi) is 10.9. The van der Waals surface area contributed by atoms with Gasteiger partial charge in [-0.1, -0.05) is 33.8 Å². The van der Waals surface area contributed by atoms with Crippen molar-refractivity contribution in [2.24, 2.45) is 17.8 Å². The highest BCUT2D eigenvalue weighted by Gasteiger charge is 2.39. The maximum Gasteiger partial charge on any atom is 0.407 e. The predicted octanol–water partition coefficient (Wildman–Crippen LogP) is 6.83. The number of H-pyrrole nitrogens is 2. The average Bonchev–Trinajstić information content (AvgIpc) is 3.99. The van der Waals surface area contributed by atoms with Gasteiger partial charge < -0.3 is 34.9 Å². The smallest absolute Gasteiger partial charge is 0.407 e. The number of thiophene rings is 2. The second-order valence-corrected chi connectivity index (χ2v) is 17.1. The van der Waals surface area contributed by atoms with Gasteiger partial charge in [0.1, 0.15) is 24.3 Å². The van der Waals surface area contributed by atoms with Gasteiger partial charge in [-0.05, 0) is 67.3 Å². The molecule has 0 saturated carbocycles. The van der Waals surface area contributed by atoms with Crippen molar-refractivity contribution >= 4 is 66.8 Å². The number of fused-ring (bicyclic) bond motifs is 2. The Labute approximate surface area is 321 Å². The lowest BCUT2D eigenvalue weighted by atomic mass is 9.89. The topological polar surface area (TPSA) is 174 Å². The van der Waals surface area contributed by atoms with Gasteiger partial charge in [0.25, 0.3) is 0 Å². The number of alkyl carbamates (subject to hydrolysis) is 1. The van der Waals surface area contributed by atoms with E-state index in [-0.39, 0.29) is 47.9 Å². The van der Waals surface area contributed by atoms with Gasteiger partial charge in [-0.15, -0.1) is 22.7 Å². The second-order valence-electron chi connectivity index (χ2n) is 15.0. The van der Waals surface area contributed by atoms with Crippen LogP contribution in [0, 0.1) is 17.8 Å². The number of aromatic amines is 2. The highest BCUT2D eigenvalue weighted by Crippen LogP contribution is 2.43. The predicted molar refractivity (Wildman–Crippen MR) is 209 cm³/mol. The number of amides is 3. The summed E-state index contributed by atoms with van der Waals surface area (Å²) < 4.78 is 7.08. The van der Waals surface area contributed by atoms with Crippen molar-refractivity contribution in [1.29, 1.82) is 0 Å². The fourth-order valence-corrected chi connectivity index (χ4v) is 10.1. The molecule has 5 aromatic rings. The van der Waals surface area contributed by atoms with Crippen molar-refractivity contribution in [3.05, 3.63) is 48.2 Å². The normalized spacial score (nSPS) is 18.7. The van der Waals surface area contributed by atoms with Crippen molar-refractivity contribution < 1.29 is 29.0 Å². The van der Waals surface area contributed by atoms with E-state index in [2.05, 4.69) is 39.6 Å². The van der Waals surface area contributed by atoms with Gasteiger partial charge >= 0.3 is 6.09 Å². The molecule has 4 aromatic heterocycles. The number of aliphatic hydroxyl groups excluding tert-OH is 1. The van der Waals surface area contributed by atoms with Crippen LogP contribution in [-0.2, 0) is 19.1 Å². The molecule has 7 rings (SSSR count). The second kappa shape index (κ2) is 15.6. The minimum absolute atomic E-state index is 0.0250. The fraction of sp³-hybridized carbons (Fsp3) is 0.487. The van der Waals surface area contributed by atoms with Crippen LogP contribution in [0.4, 0.5) is 4.79 Å². The maximum atomic E-state index is 13.6. The molecule has 13 nitrogen and oxygen atoms in total. The van der Waals surface area contributed by atoms with Crippen LogP contribution in [0.3, 0.4) is 0 Å². The van der Waals surface area contributed by atoms with Crippen molar-refractivity contribution in [3.63, 3.8) is 0 Å². The Morgan fingerprint density at radius 3 is 2.24 bits per heavy atom. The number of carbonyl (C=O) groups excluding carboxylic acids is 4. The molecule has 2 aliphatic rings. The van der Waals surface area contributed by atoms with Crippen molar-refractivity contribution in [3.8, 4) is 21.0 Å². The zero-order valence-corrected chi connectivity index (χ0v) is 32.8. The van der Waals surface area contributed by atoms with Crippen LogP contribution in [0.25, 0.3) is 41.4 Å². The molecule has 2 fully saturated rings. The number of imidazole rings is 2. The molecule has 15 heteroatoms. The molecule has 4 atom stereocenters. The third kappa shape index (κ3) is 7.40. The van der Waals surface area contributed by atoms with Gasteiger partial charge in [0.15, 0.2) is 5.78 Å². The first kappa shape index (κ1) is 37.7. The number of hydrogen-bond acceptors (Lipinski definition) is 10. The van der Waals surface area contributed by atoms with Gasteiger partial charge in [0.05, 0.1) is 47.0 Å². The van der Waals surface area contributed by atoms with Crippen molar-refractivity contribution in [1.82, 2.24) is 35.1 Å². The van der Waals surface area contributed by atoms with Crippen molar-refractivity contribution in [2.75, 3.05) is 26.8 Å². The largest absolute Gasteiger partial charge is 0.453 e. The third-order valence-corrected chi connectivity index (χ3v) is 13.1. The Bertz CT molecular complexity index is 2150. The quantitative estimate of drug-likeness (QED) is 0.107. The number of nitrogens with zero attached hydrogens (tertiary/aromatic N) is 4. The lowest BCUT2D eigenvalue weighted by molar-refractivity contribution is -0.141. The van der Waals surface area contributed by atoms with E-state index in [0.29, 0.717) is 13.1 Å². The summed E-state index contributed by atoms with van der Waals surface area (Å²) in [5.41, 5.74) is 3.70. The number of Topliss-reactive ketones (excluding diaryl/α,β-unsaturated/α-hetero) is 1. The van der Waals surface area contributed by atoms with E-state index >= 15 is 0 Å². The molecule has 0 aliphatic carbocycles. The van der Waals surface area contributed by atoms with Crippen LogP contribution in [0.15, 0.2) is 36.5 Å². The van der Waals surface area contributed by atoms with Gasteiger partial charge in [-0.3, -0.25) is 14.4 Å². The lowest BCUT2D eigenvalue weighted by Gasteiger charge is -2.30. The first-order chi connectivity index (χ1) is 25.9. The summed E-state index contributed by atoms with van der Waals surface area (Å²) in [6, 6.07) is 9.52. The van der Waals surface area contributed by atoms with Crippen LogP contribution in [0.2, 0.25) is 0 Å². The zero-order valence-electron chi connectivity index (χ0n) is 31.2. The van der Waals surface area contributed by atoms with E-state index in [0.717, 1.165) is 78.8 Å². The first-order valence-electron chi connectivity index (χ1n) is 18.6. The molecule has 1 aromatic carbocycles. The molecule has 0 radical (unpaired) electrons. The standard InChI is InChI=1S/C39H47N7O6S2/c1-20(2)24(15-23(48)19-47)37(49)45-12-7-9-29(45)36-41-25-11-10-22(14-26(25)42-36)30-16-32-33(53-30)17-31(54-32)27-18-40-35(43-27)28-8-6-13-46(28)38(50)34(21(3)4)44-39(51)52-5/h10-11,14,16-18,20-21,24,28-29,34,47H,6-9,12-13,15,19H2,1-5H3,(H,40,43)(H,41,42)(H,44,51)/t24-,28-,29?,34-/m1/s1. The lowest BCUT2D eigenvalue weighted by Crippen LogP contribution is -2.51. The van der Waals surface area contributed by atoms with Gasteiger partial charge in [-0.2, -0.15) is 0 Å². The molecular formula is C39H47N7O6S2. The summed E-state index contributed by atoms with van der Waals surface area (Å²) in [6.45, 7) is 8.35. The van der Waals surface area contributed by atoms with E-state index in [1.807, 2.05) is 49.8 Å². The van der Waals surface area contributed by atoms with E-state index < -0.39 is 24.7 Å². The molecule has 0 bridgehead atoms. The number of benzene rings is 1. The van der Waals surface area contributed by atoms with Crippen LogP contribution in [0.1, 0.15) is 83.5 Å². The van der Waals surface area contributed by atoms with Crippen molar-refractivity contribution in [2.45, 2.75) is 77.9 Å². The molecule has 6 heterocycles. The number of rotatable bonds is 12. The average molecular weight is 774 g/mol. The Balaban J connectivity index is 1.06. The van der Waals surface area contributed by atoms with Crippen LogP contribution >= 0.6 is 22.7 Å². The molecule has 4 N–H and O–H groups in total. The van der Waals surface area contributed by atoms with Crippen LogP contribution in [0.5, 0.6) is 0 Å². The van der Waals surface area contributed by atoms with Crippen LogP contribution < -0.4 is 5.32 Å². The van der Waals surface area contributed by atoms with E-state index in [9.17, 15) is 24.3 Å². The molecule has 1 unspecified atom stereocenters. The molecule has 2 saturated heterocycles. The van der Waals surface area contributed by atoms with E-state index in [1.165, 1.54) is 7.11 Å². The minimum Gasteiger partial charge on any atom is -0.453 e. The number of ketones is 1. The number of methoxy groups -OCH3 is 1. The Morgan fingerprint density at radius 2 is 1.57 bits per heavy atom. The Morgan fingerprint density at radius 1 is 0.907 bits per heavy atom.